The number of nitrogens with one attached hydrogen (secondary N) is 3. The van der Waals surface area contributed by atoms with E-state index in [1.807, 2.05) is 77.8 Å². The number of halogens is 1. The van der Waals surface area contributed by atoms with Gasteiger partial charge in [0.15, 0.2) is 5.82 Å². The van der Waals surface area contributed by atoms with Gasteiger partial charge in [0, 0.05) is 42.8 Å². The number of hydrogen-bond donors (Lipinski definition) is 4. The number of H-pyrrole nitrogens is 1. The average molecular weight is 655 g/mol. The van der Waals surface area contributed by atoms with Gasteiger partial charge in [0.05, 0.1) is 11.9 Å². The molecule has 1 aliphatic heterocycles. The van der Waals surface area contributed by atoms with Crippen molar-refractivity contribution in [3.05, 3.63) is 96.6 Å². The van der Waals surface area contributed by atoms with Crippen molar-refractivity contribution in [2.45, 2.75) is 57.7 Å². The van der Waals surface area contributed by atoms with Gasteiger partial charge in [0.25, 0.3) is 0 Å². The highest BCUT2D eigenvalue weighted by molar-refractivity contribution is 5.98. The van der Waals surface area contributed by atoms with Gasteiger partial charge in [-0.1, -0.05) is 61.5 Å². The van der Waals surface area contributed by atoms with E-state index >= 15 is 0 Å². The van der Waals surface area contributed by atoms with Crippen LogP contribution in [0, 0.1) is 5.92 Å². The number of piperidine rings is 1. The lowest BCUT2D eigenvalue weighted by atomic mass is 9.96. The minimum Gasteiger partial charge on any atom is -1.00 e. The summed E-state index contributed by atoms with van der Waals surface area (Å²) < 4.78 is 1.76. The van der Waals surface area contributed by atoms with E-state index in [2.05, 4.69) is 27.5 Å². The number of likely N-dealkylation sites (tertiary alicyclic amines) is 1. The zero-order valence-electron chi connectivity index (χ0n) is 26.9. The van der Waals surface area contributed by atoms with Gasteiger partial charge in [0.2, 0.25) is 17.7 Å². The van der Waals surface area contributed by atoms with Crippen LogP contribution in [-0.4, -0.2) is 61.8 Å². The number of nitrogens with two attached hydrogens (primary N) is 1. The van der Waals surface area contributed by atoms with Gasteiger partial charge in [0.1, 0.15) is 12.1 Å². The molecule has 0 radical (unpaired) electrons. The van der Waals surface area contributed by atoms with Gasteiger partial charge in [-0.05, 0) is 66.6 Å². The fraction of sp³-hybridized carbons (Fsp3) is 0.333. The first-order valence-corrected chi connectivity index (χ1v) is 15.8. The summed E-state index contributed by atoms with van der Waals surface area (Å²) in [7, 11) is 0. The molecule has 10 nitrogen and oxygen atoms in total. The predicted octanol–water partition coefficient (Wildman–Crippen LogP) is 1.77. The van der Waals surface area contributed by atoms with Crippen molar-refractivity contribution in [2.24, 2.45) is 11.7 Å². The standard InChI is InChI=1S/C36H41N7O3.ClH/c1-23-14-16-42(17-15-23)34(45)32(26-13-12-24-8-4-5-9-25(24)18-26)43-21-31(39-22-43)41-33(44)30(40-35(46)36(2,3)37)19-27-20-38-29-11-7-6-10-28(27)29;/h4-13,18,20-23,30,32,38H,14-17,19,37H2,1-3H3,(H,40,46)(H,41,44);1H/p-1/t30-,32?;/m1./s1. The van der Waals surface area contributed by atoms with Crippen LogP contribution < -0.4 is 28.8 Å². The molecular formula is C36H41ClN7O3-. The summed E-state index contributed by atoms with van der Waals surface area (Å²) in [6.45, 7) is 6.82. The van der Waals surface area contributed by atoms with Gasteiger partial charge < -0.3 is 43.2 Å². The van der Waals surface area contributed by atoms with Crippen LogP contribution in [0.15, 0.2) is 85.5 Å². The molecule has 47 heavy (non-hydrogen) atoms. The third-order valence-electron chi connectivity index (χ3n) is 8.88. The number of para-hydroxylation sites is 1. The number of fused-ring (bicyclic) bond motifs is 2. The smallest absolute Gasteiger partial charge is 0.250 e. The highest BCUT2D eigenvalue weighted by atomic mass is 35.5. The first-order chi connectivity index (χ1) is 22.1. The number of benzene rings is 3. The molecule has 0 spiro atoms. The normalized spacial score (nSPS) is 15.2. The van der Waals surface area contributed by atoms with Crippen LogP contribution in [0.2, 0.25) is 0 Å². The maximum atomic E-state index is 14.1. The third-order valence-corrected chi connectivity index (χ3v) is 8.88. The Balaban J connectivity index is 0.00000433. The van der Waals surface area contributed by atoms with Crippen molar-refractivity contribution in [3.8, 4) is 0 Å². The fourth-order valence-electron chi connectivity index (χ4n) is 6.05. The molecule has 11 heteroatoms. The summed E-state index contributed by atoms with van der Waals surface area (Å²) in [5.41, 5.74) is 7.55. The second kappa shape index (κ2) is 14.0. The number of anilines is 1. The molecule has 0 saturated carbocycles. The molecule has 5 aromatic rings. The van der Waals surface area contributed by atoms with Gasteiger partial charge in [-0.3, -0.25) is 14.4 Å². The molecule has 246 valence electrons. The molecule has 1 fully saturated rings. The van der Waals surface area contributed by atoms with Gasteiger partial charge in [-0.25, -0.2) is 4.98 Å². The second-order valence-electron chi connectivity index (χ2n) is 13.0. The Morgan fingerprint density at radius 1 is 1.02 bits per heavy atom. The molecule has 3 heterocycles. The van der Waals surface area contributed by atoms with Crippen LogP contribution in [0.4, 0.5) is 5.82 Å². The number of amides is 3. The molecule has 0 aliphatic carbocycles. The fourth-order valence-corrected chi connectivity index (χ4v) is 6.05. The third kappa shape index (κ3) is 7.50. The number of carbonyl (C=O) groups is 3. The van der Waals surface area contributed by atoms with Crippen LogP contribution in [0.3, 0.4) is 0 Å². The molecule has 1 unspecified atom stereocenters. The van der Waals surface area contributed by atoms with E-state index < -0.39 is 29.4 Å². The second-order valence-corrected chi connectivity index (χ2v) is 13.0. The van der Waals surface area contributed by atoms with E-state index in [1.54, 1.807) is 30.9 Å². The molecule has 0 bridgehead atoms. The van der Waals surface area contributed by atoms with E-state index in [0.29, 0.717) is 19.0 Å². The number of carbonyl (C=O) groups excluding carboxylic acids is 3. The quantitative estimate of drug-likeness (QED) is 0.192. The lowest BCUT2D eigenvalue weighted by Crippen LogP contribution is -3.00. The summed E-state index contributed by atoms with van der Waals surface area (Å²) in [4.78, 5) is 50.4. The molecule has 1 saturated heterocycles. The Kier molecular flexibility index (Phi) is 10.0. The summed E-state index contributed by atoms with van der Waals surface area (Å²) in [6, 6.07) is 20.3. The van der Waals surface area contributed by atoms with E-state index in [1.165, 1.54) is 0 Å². The molecule has 2 aromatic heterocycles. The molecule has 6 rings (SSSR count). The Hall–Kier alpha value is -4.67. The zero-order valence-corrected chi connectivity index (χ0v) is 27.6. The Bertz CT molecular complexity index is 1880. The minimum atomic E-state index is -1.18. The maximum absolute atomic E-state index is 14.1. The Labute approximate surface area is 280 Å². The molecule has 2 atom stereocenters. The zero-order chi connectivity index (χ0) is 32.4. The SMILES string of the molecule is CC1CCN(C(=O)C(c2ccc3ccccc3c2)n2cnc(NC(=O)[C@@H](Cc3c[nH]c4ccccc34)NC(=O)C(C)(C)N)c2)CC1.[Cl-]. The molecule has 1 aliphatic rings. The molecule has 5 N–H and O–H groups in total. The lowest BCUT2D eigenvalue weighted by molar-refractivity contribution is -0.135. The summed E-state index contributed by atoms with van der Waals surface area (Å²) in [5.74, 6) is -0.0310. The topological polar surface area (TPSA) is 138 Å². The van der Waals surface area contributed by atoms with E-state index in [0.717, 1.165) is 45.6 Å². The number of nitrogens with zero attached hydrogens (tertiary/aromatic N) is 3. The van der Waals surface area contributed by atoms with Crippen LogP contribution >= 0.6 is 0 Å². The number of hydrogen-bond acceptors (Lipinski definition) is 5. The van der Waals surface area contributed by atoms with Crippen molar-refractivity contribution in [1.82, 2.24) is 24.8 Å². The van der Waals surface area contributed by atoms with Crippen molar-refractivity contribution >= 4 is 45.2 Å². The highest BCUT2D eigenvalue weighted by Crippen LogP contribution is 2.28. The van der Waals surface area contributed by atoms with Gasteiger partial charge in [-0.2, -0.15) is 0 Å². The summed E-state index contributed by atoms with van der Waals surface area (Å²) >= 11 is 0. The monoisotopic (exact) mass is 654 g/mol. The Morgan fingerprint density at radius 2 is 1.72 bits per heavy atom. The predicted molar refractivity (Wildman–Crippen MR) is 180 cm³/mol. The number of imidazole rings is 1. The highest BCUT2D eigenvalue weighted by Gasteiger charge is 2.32. The first-order valence-electron chi connectivity index (χ1n) is 15.8. The van der Waals surface area contributed by atoms with Crippen molar-refractivity contribution in [2.75, 3.05) is 18.4 Å². The van der Waals surface area contributed by atoms with E-state index in [-0.39, 0.29) is 30.6 Å². The molecule has 3 amide bonds. The Morgan fingerprint density at radius 3 is 2.47 bits per heavy atom. The average Bonchev–Trinajstić information content (AvgIpc) is 3.67. The maximum Gasteiger partial charge on any atom is 0.250 e. The number of aromatic amines is 1. The first kappa shape index (κ1) is 33.7. The molecule has 3 aromatic carbocycles. The lowest BCUT2D eigenvalue weighted by Gasteiger charge is -2.33. The molecular weight excluding hydrogens is 614 g/mol. The summed E-state index contributed by atoms with van der Waals surface area (Å²) in [5, 5.41) is 8.81. The van der Waals surface area contributed by atoms with Crippen LogP contribution in [0.1, 0.15) is 50.8 Å². The number of rotatable bonds is 9. The van der Waals surface area contributed by atoms with Crippen LogP contribution in [-0.2, 0) is 20.8 Å². The van der Waals surface area contributed by atoms with Gasteiger partial charge in [-0.15, -0.1) is 0 Å². The van der Waals surface area contributed by atoms with E-state index in [9.17, 15) is 14.4 Å². The van der Waals surface area contributed by atoms with Crippen LogP contribution in [0.25, 0.3) is 21.7 Å². The summed E-state index contributed by atoms with van der Waals surface area (Å²) in [6.07, 6.45) is 7.27. The van der Waals surface area contributed by atoms with Crippen molar-refractivity contribution in [3.63, 3.8) is 0 Å². The minimum absolute atomic E-state index is 0. The van der Waals surface area contributed by atoms with Crippen molar-refractivity contribution in [1.29, 1.82) is 0 Å². The van der Waals surface area contributed by atoms with E-state index in [4.69, 9.17) is 5.73 Å². The largest absolute Gasteiger partial charge is 1.00 e. The van der Waals surface area contributed by atoms with Crippen LogP contribution in [0.5, 0.6) is 0 Å². The van der Waals surface area contributed by atoms with Gasteiger partial charge >= 0.3 is 0 Å². The number of aromatic nitrogens is 3. The van der Waals surface area contributed by atoms with Crippen molar-refractivity contribution < 1.29 is 26.8 Å².